The number of aromatic nitrogens is 4. The minimum Gasteiger partial charge on any atom is -0.506 e. The summed E-state index contributed by atoms with van der Waals surface area (Å²) in [5.74, 6) is 1.05. The third-order valence-electron chi connectivity index (χ3n) is 4.63. The normalized spacial score (nSPS) is 15.1. The van der Waals surface area contributed by atoms with Crippen molar-refractivity contribution in [3.63, 3.8) is 0 Å². The Morgan fingerprint density at radius 3 is 2.64 bits per heavy atom. The number of nitrogens with zero attached hydrogens (tertiary/aromatic N) is 5. The second-order valence-electron chi connectivity index (χ2n) is 6.06. The largest absolute Gasteiger partial charge is 0.506 e. The van der Waals surface area contributed by atoms with Crippen LogP contribution >= 0.6 is 11.6 Å². The van der Waals surface area contributed by atoms with Crippen molar-refractivity contribution in [3.05, 3.63) is 35.2 Å². The number of phenolic OH excluding ortho intramolecular Hbond substituents is 1. The van der Waals surface area contributed by atoms with Crippen molar-refractivity contribution < 1.29 is 5.11 Å². The smallest absolute Gasteiger partial charge is 0.186 e. The minimum atomic E-state index is 0.111. The fourth-order valence-electron chi connectivity index (χ4n) is 3.26. The summed E-state index contributed by atoms with van der Waals surface area (Å²) in [7, 11) is 0. The quantitative estimate of drug-likeness (QED) is 0.749. The average molecular weight is 359 g/mol. The predicted molar refractivity (Wildman–Crippen MR) is 98.6 cm³/mol. The fraction of sp³-hybridized carbons (Fsp3) is 0.353. The molecule has 2 aromatic heterocycles. The van der Waals surface area contributed by atoms with Crippen molar-refractivity contribution in [1.82, 2.24) is 20.2 Å². The first-order valence-corrected chi connectivity index (χ1v) is 8.71. The molecular formula is C17H19ClN6O. The number of hydrogen-bond donors (Lipinski definition) is 2. The van der Waals surface area contributed by atoms with Crippen LogP contribution in [0.25, 0.3) is 11.0 Å². The molecule has 7 nitrogen and oxygen atoms in total. The number of aryl methyl sites for hydroxylation is 1. The van der Waals surface area contributed by atoms with Crippen LogP contribution in [0.3, 0.4) is 0 Å². The first-order chi connectivity index (χ1) is 12.2. The van der Waals surface area contributed by atoms with Gasteiger partial charge in [-0.05, 0) is 24.6 Å². The molecule has 3 heterocycles. The number of rotatable bonds is 3. The van der Waals surface area contributed by atoms with Crippen molar-refractivity contribution in [2.24, 2.45) is 0 Å². The Morgan fingerprint density at radius 1 is 1.16 bits per heavy atom. The van der Waals surface area contributed by atoms with Gasteiger partial charge in [-0.25, -0.2) is 9.97 Å². The van der Waals surface area contributed by atoms with E-state index in [1.165, 1.54) is 0 Å². The lowest BCUT2D eigenvalue weighted by molar-refractivity contribution is 0.475. The molecule has 8 heteroatoms. The first kappa shape index (κ1) is 16.0. The van der Waals surface area contributed by atoms with E-state index >= 15 is 0 Å². The number of aromatic amines is 1. The summed E-state index contributed by atoms with van der Waals surface area (Å²) in [5.41, 5.74) is 2.81. The van der Waals surface area contributed by atoms with E-state index in [2.05, 4.69) is 36.9 Å². The lowest BCUT2D eigenvalue weighted by Gasteiger charge is -2.37. The molecule has 0 aliphatic carbocycles. The lowest BCUT2D eigenvalue weighted by Crippen LogP contribution is -2.47. The third-order valence-corrected chi connectivity index (χ3v) is 4.94. The maximum absolute atomic E-state index is 9.58. The summed E-state index contributed by atoms with van der Waals surface area (Å²) in [6.07, 6.45) is 2.44. The van der Waals surface area contributed by atoms with Crippen LogP contribution in [0.15, 0.2) is 24.5 Å². The highest BCUT2D eigenvalue weighted by Gasteiger charge is 2.22. The molecule has 3 aromatic rings. The van der Waals surface area contributed by atoms with Crippen LogP contribution in [0.2, 0.25) is 5.02 Å². The number of aromatic hydroxyl groups is 1. The maximum atomic E-state index is 9.58. The second kappa shape index (κ2) is 6.40. The molecule has 0 saturated carbocycles. The van der Waals surface area contributed by atoms with Crippen LogP contribution < -0.4 is 9.80 Å². The third kappa shape index (κ3) is 2.84. The molecule has 1 aliphatic rings. The summed E-state index contributed by atoms with van der Waals surface area (Å²) >= 11 is 6.03. The summed E-state index contributed by atoms with van der Waals surface area (Å²) < 4.78 is 0. The zero-order valence-corrected chi connectivity index (χ0v) is 14.7. The summed E-state index contributed by atoms with van der Waals surface area (Å²) in [6, 6.07) is 5.34. The standard InChI is InChI=1S/C17H19ClN6O/c1-2-13-15-16(22-21-13)19-10-20-17(15)24-7-5-23(6-8-24)11-3-4-14(25)12(18)9-11/h3-4,9-10,25H,2,5-8H2,1H3,(H,19,20,21,22). The van der Waals surface area contributed by atoms with Crippen LogP contribution in [0, 0.1) is 0 Å². The van der Waals surface area contributed by atoms with Gasteiger partial charge < -0.3 is 14.9 Å². The van der Waals surface area contributed by atoms with E-state index in [9.17, 15) is 5.11 Å². The second-order valence-corrected chi connectivity index (χ2v) is 6.47. The van der Waals surface area contributed by atoms with Gasteiger partial charge in [0.15, 0.2) is 5.65 Å². The number of nitrogens with one attached hydrogen (secondary N) is 1. The van der Waals surface area contributed by atoms with E-state index in [-0.39, 0.29) is 5.75 Å². The van der Waals surface area contributed by atoms with Crippen molar-refractivity contribution in [2.45, 2.75) is 13.3 Å². The Kier molecular flexibility index (Phi) is 4.09. The van der Waals surface area contributed by atoms with E-state index in [0.717, 1.165) is 60.8 Å². The molecule has 130 valence electrons. The molecule has 1 aromatic carbocycles. The molecule has 1 fully saturated rings. The maximum Gasteiger partial charge on any atom is 0.186 e. The zero-order chi connectivity index (χ0) is 17.4. The summed E-state index contributed by atoms with van der Waals surface area (Å²) in [5, 5.41) is 18.3. The van der Waals surface area contributed by atoms with Crippen LogP contribution in [-0.4, -0.2) is 51.5 Å². The van der Waals surface area contributed by atoms with Crippen LogP contribution in [0.1, 0.15) is 12.6 Å². The Bertz CT molecular complexity index is 903. The highest BCUT2D eigenvalue weighted by Crippen LogP contribution is 2.30. The number of hydrogen-bond acceptors (Lipinski definition) is 6. The highest BCUT2D eigenvalue weighted by molar-refractivity contribution is 6.32. The van der Waals surface area contributed by atoms with Crippen molar-refractivity contribution in [1.29, 1.82) is 0 Å². The van der Waals surface area contributed by atoms with Gasteiger partial charge >= 0.3 is 0 Å². The fourth-order valence-corrected chi connectivity index (χ4v) is 3.44. The number of benzene rings is 1. The molecule has 0 amide bonds. The number of anilines is 2. The topological polar surface area (TPSA) is 81.2 Å². The van der Waals surface area contributed by atoms with Gasteiger partial charge in [-0.3, -0.25) is 5.10 Å². The van der Waals surface area contributed by atoms with Gasteiger partial charge in [0.25, 0.3) is 0 Å². The predicted octanol–water partition coefficient (Wildman–Crippen LogP) is 2.60. The van der Waals surface area contributed by atoms with Gasteiger partial charge in [0, 0.05) is 37.6 Å². The molecule has 0 spiro atoms. The number of H-pyrrole nitrogens is 1. The van der Waals surface area contributed by atoms with Gasteiger partial charge in [0.2, 0.25) is 0 Å². The van der Waals surface area contributed by atoms with Gasteiger partial charge in [-0.15, -0.1) is 0 Å². The van der Waals surface area contributed by atoms with Crippen LogP contribution in [0.4, 0.5) is 11.5 Å². The molecule has 1 aliphatic heterocycles. The Balaban J connectivity index is 1.56. The van der Waals surface area contributed by atoms with E-state index in [4.69, 9.17) is 11.6 Å². The Hall–Kier alpha value is -2.54. The number of phenols is 1. The van der Waals surface area contributed by atoms with E-state index in [1.54, 1.807) is 18.5 Å². The van der Waals surface area contributed by atoms with Gasteiger partial charge in [0.05, 0.1) is 10.4 Å². The Morgan fingerprint density at radius 2 is 1.92 bits per heavy atom. The monoisotopic (exact) mass is 358 g/mol. The van der Waals surface area contributed by atoms with Crippen molar-refractivity contribution in [2.75, 3.05) is 36.0 Å². The molecule has 0 unspecified atom stereocenters. The first-order valence-electron chi connectivity index (χ1n) is 8.33. The molecular weight excluding hydrogens is 340 g/mol. The van der Waals surface area contributed by atoms with Crippen LogP contribution in [0.5, 0.6) is 5.75 Å². The molecule has 25 heavy (non-hydrogen) atoms. The number of piperazine rings is 1. The van der Waals surface area contributed by atoms with E-state index in [0.29, 0.717) is 5.02 Å². The molecule has 4 rings (SSSR count). The lowest BCUT2D eigenvalue weighted by atomic mass is 10.2. The summed E-state index contributed by atoms with van der Waals surface area (Å²) in [6.45, 7) is 5.49. The molecule has 1 saturated heterocycles. The highest BCUT2D eigenvalue weighted by atomic mass is 35.5. The molecule has 2 N–H and O–H groups in total. The number of halogens is 1. The molecule has 0 bridgehead atoms. The SMILES string of the molecule is CCc1[nH]nc2ncnc(N3CCN(c4ccc(O)c(Cl)c4)CC3)c12. The minimum absolute atomic E-state index is 0.111. The van der Waals surface area contributed by atoms with E-state index in [1.807, 2.05) is 6.07 Å². The zero-order valence-electron chi connectivity index (χ0n) is 13.9. The van der Waals surface area contributed by atoms with Crippen LogP contribution in [-0.2, 0) is 6.42 Å². The summed E-state index contributed by atoms with van der Waals surface area (Å²) in [4.78, 5) is 13.3. The molecule has 0 radical (unpaired) electrons. The number of fused-ring (bicyclic) bond motifs is 1. The van der Waals surface area contributed by atoms with Crippen molar-refractivity contribution >= 4 is 34.1 Å². The average Bonchev–Trinajstić information content (AvgIpc) is 3.07. The van der Waals surface area contributed by atoms with Gasteiger partial charge in [-0.1, -0.05) is 18.5 Å². The van der Waals surface area contributed by atoms with Gasteiger partial charge in [-0.2, -0.15) is 5.10 Å². The Labute approximate surface area is 150 Å². The molecule has 0 atom stereocenters. The van der Waals surface area contributed by atoms with Crippen molar-refractivity contribution in [3.8, 4) is 5.75 Å². The van der Waals surface area contributed by atoms with Gasteiger partial charge in [0.1, 0.15) is 17.9 Å². The van der Waals surface area contributed by atoms with E-state index < -0.39 is 0 Å².